The number of β-amino-alcohol motifs (C(OH)–C–C–N with tert-alkyl or cyclic N) is 1. The Labute approximate surface area is 184 Å². The molecule has 1 aliphatic carbocycles. The van der Waals surface area contributed by atoms with E-state index in [9.17, 15) is 36.2 Å². The fourth-order valence-corrected chi connectivity index (χ4v) is 4.36. The molecule has 0 unspecified atom stereocenters. The third-order valence-electron chi connectivity index (χ3n) is 6.22. The van der Waals surface area contributed by atoms with Gasteiger partial charge in [-0.1, -0.05) is 0 Å². The summed E-state index contributed by atoms with van der Waals surface area (Å²) in [5.74, 6) is -2.10. The zero-order valence-corrected chi connectivity index (χ0v) is 17.2. The average Bonchev–Trinajstić information content (AvgIpc) is 2.71. The first kappa shape index (κ1) is 23.6. The number of aliphatic hydroxyl groups is 1. The van der Waals surface area contributed by atoms with Crippen LogP contribution in [-0.2, 0) is 0 Å². The lowest BCUT2D eigenvalue weighted by Gasteiger charge is -2.51. The number of benzene rings is 1. The summed E-state index contributed by atoms with van der Waals surface area (Å²) in [6, 6.07) is 3.09. The van der Waals surface area contributed by atoms with Gasteiger partial charge in [0.25, 0.3) is 5.91 Å². The van der Waals surface area contributed by atoms with Crippen LogP contribution in [0.4, 0.5) is 26.3 Å². The van der Waals surface area contributed by atoms with E-state index < -0.39 is 49.0 Å². The van der Waals surface area contributed by atoms with Crippen LogP contribution >= 0.6 is 0 Å². The summed E-state index contributed by atoms with van der Waals surface area (Å²) in [4.78, 5) is 18.2. The molecule has 2 aliphatic rings. The first-order valence-corrected chi connectivity index (χ1v) is 10.3. The minimum Gasteiger partial charge on any atom is -0.432 e. The number of hydrogen-bond donors (Lipinski definition) is 2. The van der Waals surface area contributed by atoms with Crippen LogP contribution in [0.25, 0.3) is 10.9 Å². The van der Waals surface area contributed by atoms with Crippen LogP contribution in [0, 0.1) is 5.82 Å². The Hall–Kier alpha value is -2.60. The number of ether oxygens (including phenoxy) is 1. The summed E-state index contributed by atoms with van der Waals surface area (Å²) in [5.41, 5.74) is -2.31. The van der Waals surface area contributed by atoms with Gasteiger partial charge in [-0.2, -0.15) is 22.0 Å². The maximum absolute atomic E-state index is 14.0. The number of pyridine rings is 1. The Kier molecular flexibility index (Phi) is 6.16. The first-order valence-electron chi connectivity index (χ1n) is 10.3. The van der Waals surface area contributed by atoms with Crippen molar-refractivity contribution in [1.82, 2.24) is 15.2 Å². The van der Waals surface area contributed by atoms with Gasteiger partial charge in [0.15, 0.2) is 17.2 Å². The number of halogens is 6. The van der Waals surface area contributed by atoms with E-state index in [0.29, 0.717) is 25.7 Å². The van der Waals surface area contributed by atoms with Crippen LogP contribution in [-0.4, -0.2) is 64.5 Å². The van der Waals surface area contributed by atoms with Gasteiger partial charge >= 0.3 is 12.8 Å². The van der Waals surface area contributed by atoms with Gasteiger partial charge < -0.3 is 15.2 Å². The van der Waals surface area contributed by atoms with E-state index in [4.69, 9.17) is 0 Å². The number of carbonyl (C=O) groups is 1. The maximum atomic E-state index is 14.0. The smallest absolute Gasteiger partial charge is 0.419 e. The van der Waals surface area contributed by atoms with E-state index in [1.807, 2.05) is 0 Å². The second-order valence-electron chi connectivity index (χ2n) is 8.49. The number of aromatic nitrogens is 1. The minimum absolute atomic E-state index is 0.0873. The lowest BCUT2D eigenvalue weighted by molar-refractivity contribution is -0.306. The van der Waals surface area contributed by atoms with Crippen molar-refractivity contribution in [2.45, 2.75) is 56.2 Å². The molecule has 2 aromatic rings. The standard InChI is InChI=1S/C21H21F6N3O3/c22-15-6-11-5-12(8-28-16(11)7-17(15)33-19(23)24)18(31)29-13-1-3-14(4-2-13)30-9-20(32,10-30)21(25,26)27/h5-8,13-14,19,32H,1-4,9-10H2,(H,29,31). The summed E-state index contributed by atoms with van der Waals surface area (Å²) < 4.78 is 81.1. The van der Waals surface area contributed by atoms with Gasteiger partial charge in [-0.05, 0) is 37.8 Å². The number of hydrogen-bond acceptors (Lipinski definition) is 5. The van der Waals surface area contributed by atoms with Crippen molar-refractivity contribution < 1.29 is 41.0 Å². The molecule has 0 radical (unpaired) electrons. The summed E-state index contributed by atoms with van der Waals surface area (Å²) in [6.45, 7) is -4.07. The van der Waals surface area contributed by atoms with Crippen LogP contribution in [0.2, 0.25) is 0 Å². The predicted molar refractivity (Wildman–Crippen MR) is 104 cm³/mol. The second-order valence-corrected chi connectivity index (χ2v) is 8.49. The molecule has 12 heteroatoms. The molecule has 1 saturated carbocycles. The van der Waals surface area contributed by atoms with E-state index in [2.05, 4.69) is 15.0 Å². The molecule has 2 heterocycles. The molecule has 33 heavy (non-hydrogen) atoms. The number of rotatable bonds is 5. The molecule has 1 aromatic heterocycles. The topological polar surface area (TPSA) is 74.7 Å². The number of carbonyl (C=O) groups excluding carboxylic acids is 1. The fourth-order valence-electron chi connectivity index (χ4n) is 4.36. The number of alkyl halides is 5. The van der Waals surface area contributed by atoms with Crippen molar-refractivity contribution in [2.75, 3.05) is 13.1 Å². The summed E-state index contributed by atoms with van der Waals surface area (Å²) >= 11 is 0. The van der Waals surface area contributed by atoms with Crippen molar-refractivity contribution in [3.63, 3.8) is 0 Å². The molecule has 0 spiro atoms. The predicted octanol–water partition coefficient (Wildman–Crippen LogP) is 3.63. The second kappa shape index (κ2) is 8.64. The Bertz CT molecular complexity index is 1030. The van der Waals surface area contributed by atoms with Crippen LogP contribution < -0.4 is 10.1 Å². The highest BCUT2D eigenvalue weighted by Crippen LogP contribution is 2.40. The number of nitrogens with one attached hydrogen (secondary N) is 1. The average molecular weight is 477 g/mol. The van der Waals surface area contributed by atoms with E-state index in [1.165, 1.54) is 12.3 Å². The van der Waals surface area contributed by atoms with Gasteiger partial charge in [-0.3, -0.25) is 14.7 Å². The molecule has 2 fully saturated rings. The Morgan fingerprint density at radius 2 is 1.85 bits per heavy atom. The normalized spacial score (nSPS) is 23.4. The lowest BCUT2D eigenvalue weighted by atomic mass is 9.84. The monoisotopic (exact) mass is 477 g/mol. The van der Waals surface area contributed by atoms with Crippen molar-refractivity contribution in [1.29, 1.82) is 0 Å². The highest BCUT2D eigenvalue weighted by molar-refractivity contribution is 5.97. The Balaban J connectivity index is 1.33. The van der Waals surface area contributed by atoms with E-state index in [1.54, 1.807) is 4.90 Å². The molecule has 0 atom stereocenters. The quantitative estimate of drug-likeness (QED) is 0.644. The molecule has 1 aliphatic heterocycles. The van der Waals surface area contributed by atoms with E-state index in [-0.39, 0.29) is 28.6 Å². The number of nitrogens with zero attached hydrogens (tertiary/aromatic N) is 2. The van der Waals surface area contributed by atoms with Crippen LogP contribution in [0.1, 0.15) is 36.0 Å². The Morgan fingerprint density at radius 1 is 1.18 bits per heavy atom. The Morgan fingerprint density at radius 3 is 2.45 bits per heavy atom. The molecule has 2 N–H and O–H groups in total. The lowest BCUT2D eigenvalue weighted by Crippen LogP contribution is -2.71. The summed E-state index contributed by atoms with van der Waals surface area (Å²) in [6.07, 6.45) is -1.14. The minimum atomic E-state index is -4.65. The third kappa shape index (κ3) is 4.86. The van der Waals surface area contributed by atoms with Crippen molar-refractivity contribution in [3.8, 4) is 5.75 Å². The number of fused-ring (bicyclic) bond motifs is 1. The zero-order chi connectivity index (χ0) is 24.0. The molecule has 4 rings (SSSR count). The van der Waals surface area contributed by atoms with Crippen LogP contribution in [0.15, 0.2) is 24.4 Å². The number of likely N-dealkylation sites (tertiary alicyclic amines) is 1. The van der Waals surface area contributed by atoms with Crippen molar-refractivity contribution in [2.24, 2.45) is 0 Å². The van der Waals surface area contributed by atoms with Crippen molar-refractivity contribution >= 4 is 16.8 Å². The first-order chi connectivity index (χ1) is 15.4. The van der Waals surface area contributed by atoms with Crippen molar-refractivity contribution in [3.05, 3.63) is 35.8 Å². The van der Waals surface area contributed by atoms with Gasteiger partial charge in [-0.25, -0.2) is 4.39 Å². The van der Waals surface area contributed by atoms with Crippen LogP contribution in [0.3, 0.4) is 0 Å². The van der Waals surface area contributed by atoms with Gasteiger partial charge in [-0.15, -0.1) is 0 Å². The molecule has 1 amide bonds. The van der Waals surface area contributed by atoms with Crippen LogP contribution in [0.5, 0.6) is 5.75 Å². The highest BCUT2D eigenvalue weighted by Gasteiger charge is 2.61. The molecule has 180 valence electrons. The fraction of sp³-hybridized carbons (Fsp3) is 0.524. The SMILES string of the molecule is O=C(NC1CCC(N2CC(O)(C(F)(F)F)C2)CC1)c1cnc2cc(OC(F)F)c(F)cc2c1. The molecular weight excluding hydrogens is 456 g/mol. The van der Waals surface area contributed by atoms with E-state index in [0.717, 1.165) is 12.1 Å². The van der Waals surface area contributed by atoms with Gasteiger partial charge in [0.1, 0.15) is 0 Å². The molecule has 6 nitrogen and oxygen atoms in total. The van der Waals surface area contributed by atoms with E-state index >= 15 is 0 Å². The number of amides is 1. The highest BCUT2D eigenvalue weighted by atomic mass is 19.4. The van der Waals surface area contributed by atoms with Gasteiger partial charge in [0.05, 0.1) is 11.1 Å². The molecular formula is C21H21F6N3O3. The maximum Gasteiger partial charge on any atom is 0.419 e. The zero-order valence-electron chi connectivity index (χ0n) is 17.2. The summed E-state index contributed by atoms with van der Waals surface area (Å²) in [5, 5.41) is 12.7. The summed E-state index contributed by atoms with van der Waals surface area (Å²) in [7, 11) is 0. The molecule has 1 saturated heterocycles. The molecule has 1 aromatic carbocycles. The largest absolute Gasteiger partial charge is 0.432 e. The van der Waals surface area contributed by atoms with Gasteiger partial charge in [0.2, 0.25) is 0 Å². The third-order valence-corrected chi connectivity index (χ3v) is 6.22. The van der Waals surface area contributed by atoms with Gasteiger partial charge in [0, 0.05) is 42.8 Å². The molecule has 0 bridgehead atoms.